The second-order valence-electron chi connectivity index (χ2n) is 4.62. The maximum Gasteiger partial charge on any atom is 0.0805 e. The quantitative estimate of drug-likeness (QED) is 0.652. The van der Waals surface area contributed by atoms with E-state index in [0.29, 0.717) is 0 Å². The van der Waals surface area contributed by atoms with Crippen LogP contribution >= 0.6 is 11.3 Å². The first-order chi connectivity index (χ1) is 8.65. The van der Waals surface area contributed by atoms with Gasteiger partial charge in [0.25, 0.3) is 0 Å². The Morgan fingerprint density at radius 3 is 2.56 bits per heavy atom. The molecule has 2 rings (SSSR count). The predicted octanol–water partition coefficient (Wildman–Crippen LogP) is 3.48. The van der Waals surface area contributed by atoms with Crippen LogP contribution in [0.5, 0.6) is 0 Å². The third-order valence-electron chi connectivity index (χ3n) is 3.22. The first-order valence-electron chi connectivity index (χ1n) is 6.27. The van der Waals surface area contributed by atoms with Crippen LogP contribution in [0.2, 0.25) is 0 Å². The lowest BCUT2D eigenvalue weighted by molar-refractivity contribution is 0.643. The number of hydrazine groups is 1. The highest BCUT2D eigenvalue weighted by Crippen LogP contribution is 2.30. The van der Waals surface area contributed by atoms with Gasteiger partial charge in [0.15, 0.2) is 0 Å². The Morgan fingerprint density at radius 1 is 1.22 bits per heavy atom. The van der Waals surface area contributed by atoms with Crippen molar-refractivity contribution in [3.8, 4) is 0 Å². The first-order valence-corrected chi connectivity index (χ1v) is 7.09. The average molecular weight is 260 g/mol. The topological polar surface area (TPSA) is 38.0 Å². The van der Waals surface area contributed by atoms with E-state index in [1.807, 2.05) is 11.3 Å². The zero-order valence-electron chi connectivity index (χ0n) is 11.2. The van der Waals surface area contributed by atoms with Crippen molar-refractivity contribution in [1.82, 2.24) is 5.43 Å². The summed E-state index contributed by atoms with van der Waals surface area (Å²) in [5, 5.41) is 0. The first kappa shape index (κ1) is 13.3. The molecule has 1 aromatic carbocycles. The number of nitrogens with two attached hydrogens (primary N) is 1. The van der Waals surface area contributed by atoms with E-state index in [1.165, 1.54) is 26.4 Å². The number of nitrogens with one attached hydrogen (secondary N) is 1. The number of aryl methyl sites for hydroxylation is 3. The highest BCUT2D eigenvalue weighted by atomic mass is 32.1. The fourth-order valence-corrected chi connectivity index (χ4v) is 3.25. The van der Waals surface area contributed by atoms with Gasteiger partial charge in [0.2, 0.25) is 0 Å². The molecular formula is C15H20N2S. The van der Waals surface area contributed by atoms with Crippen LogP contribution in [0, 0.1) is 13.8 Å². The highest BCUT2D eigenvalue weighted by molar-refractivity contribution is 7.12. The van der Waals surface area contributed by atoms with Crippen LogP contribution in [0.1, 0.15) is 39.4 Å². The standard InChI is InChI=1S/C15H20N2S/c1-4-12-6-8-14(18-12)15(17-16)13-7-5-10(2)9-11(13)3/h5-9,15,17H,4,16H2,1-3H3. The molecule has 0 saturated carbocycles. The van der Waals surface area contributed by atoms with Crippen molar-refractivity contribution in [2.75, 3.05) is 0 Å². The van der Waals surface area contributed by atoms with E-state index in [0.717, 1.165) is 6.42 Å². The summed E-state index contributed by atoms with van der Waals surface area (Å²) in [6, 6.07) is 11.0. The van der Waals surface area contributed by atoms with Crippen LogP contribution in [-0.2, 0) is 6.42 Å². The van der Waals surface area contributed by atoms with E-state index in [9.17, 15) is 0 Å². The van der Waals surface area contributed by atoms with Crippen LogP contribution in [0.4, 0.5) is 0 Å². The Balaban J connectivity index is 2.38. The summed E-state index contributed by atoms with van der Waals surface area (Å²) < 4.78 is 0. The summed E-state index contributed by atoms with van der Waals surface area (Å²) in [6.45, 7) is 6.43. The van der Waals surface area contributed by atoms with E-state index < -0.39 is 0 Å². The van der Waals surface area contributed by atoms with E-state index in [-0.39, 0.29) is 6.04 Å². The molecular weight excluding hydrogens is 240 g/mol. The van der Waals surface area contributed by atoms with Crippen molar-refractivity contribution >= 4 is 11.3 Å². The molecule has 2 nitrogen and oxygen atoms in total. The molecule has 18 heavy (non-hydrogen) atoms. The zero-order valence-corrected chi connectivity index (χ0v) is 12.0. The molecule has 0 aliphatic rings. The van der Waals surface area contributed by atoms with Crippen molar-refractivity contribution in [2.45, 2.75) is 33.2 Å². The second-order valence-corrected chi connectivity index (χ2v) is 5.82. The highest BCUT2D eigenvalue weighted by Gasteiger charge is 2.16. The maximum atomic E-state index is 5.75. The van der Waals surface area contributed by atoms with Gasteiger partial charge in [-0.1, -0.05) is 30.7 Å². The van der Waals surface area contributed by atoms with Crippen molar-refractivity contribution < 1.29 is 0 Å². The molecule has 3 N–H and O–H groups in total. The summed E-state index contributed by atoms with van der Waals surface area (Å²) in [5.74, 6) is 5.75. The second kappa shape index (κ2) is 5.65. The number of thiophene rings is 1. The Hall–Kier alpha value is -1.16. The molecule has 0 saturated heterocycles. The van der Waals surface area contributed by atoms with Gasteiger partial charge < -0.3 is 0 Å². The van der Waals surface area contributed by atoms with Gasteiger partial charge in [0, 0.05) is 9.75 Å². The molecule has 2 aromatic rings. The molecule has 0 aliphatic heterocycles. The zero-order chi connectivity index (χ0) is 13.1. The van der Waals surface area contributed by atoms with E-state index in [2.05, 4.69) is 56.5 Å². The summed E-state index contributed by atoms with van der Waals surface area (Å²) in [5.41, 5.74) is 6.77. The molecule has 0 spiro atoms. The van der Waals surface area contributed by atoms with Gasteiger partial charge in [-0.3, -0.25) is 5.84 Å². The predicted molar refractivity (Wildman–Crippen MR) is 78.8 cm³/mol. The third-order valence-corrected chi connectivity index (χ3v) is 4.51. The minimum Gasteiger partial charge on any atom is -0.271 e. The molecule has 1 atom stereocenters. The number of hydrogen-bond donors (Lipinski definition) is 2. The Labute approximate surface area is 113 Å². The molecule has 1 heterocycles. The third kappa shape index (κ3) is 2.64. The van der Waals surface area contributed by atoms with Gasteiger partial charge in [0.05, 0.1) is 6.04 Å². The van der Waals surface area contributed by atoms with Crippen molar-refractivity contribution in [3.05, 3.63) is 56.8 Å². The van der Waals surface area contributed by atoms with Gasteiger partial charge in [-0.05, 0) is 43.5 Å². The minimum atomic E-state index is 0.0934. The van der Waals surface area contributed by atoms with Gasteiger partial charge >= 0.3 is 0 Å². The van der Waals surface area contributed by atoms with Crippen molar-refractivity contribution in [3.63, 3.8) is 0 Å². The van der Waals surface area contributed by atoms with Crippen molar-refractivity contribution in [2.24, 2.45) is 5.84 Å². The maximum absolute atomic E-state index is 5.75. The molecule has 0 amide bonds. The Morgan fingerprint density at radius 2 is 2.00 bits per heavy atom. The lowest BCUT2D eigenvalue weighted by Crippen LogP contribution is -2.28. The normalized spacial score (nSPS) is 12.7. The molecule has 0 fully saturated rings. The molecule has 0 aliphatic carbocycles. The Kier molecular flexibility index (Phi) is 4.17. The monoisotopic (exact) mass is 260 g/mol. The van der Waals surface area contributed by atoms with Gasteiger partial charge in [-0.25, -0.2) is 5.43 Å². The lowest BCUT2D eigenvalue weighted by atomic mass is 9.98. The summed E-state index contributed by atoms with van der Waals surface area (Å²) in [6.07, 6.45) is 1.08. The van der Waals surface area contributed by atoms with Gasteiger partial charge in [-0.15, -0.1) is 11.3 Å². The summed E-state index contributed by atoms with van der Waals surface area (Å²) >= 11 is 1.83. The van der Waals surface area contributed by atoms with Crippen LogP contribution in [0.25, 0.3) is 0 Å². The van der Waals surface area contributed by atoms with E-state index in [4.69, 9.17) is 5.84 Å². The molecule has 3 heteroatoms. The fourth-order valence-electron chi connectivity index (χ4n) is 2.21. The molecule has 0 bridgehead atoms. The fraction of sp³-hybridized carbons (Fsp3) is 0.333. The minimum absolute atomic E-state index is 0.0934. The SMILES string of the molecule is CCc1ccc(C(NN)c2ccc(C)cc2C)s1. The molecule has 1 aromatic heterocycles. The van der Waals surface area contributed by atoms with Crippen LogP contribution in [0.3, 0.4) is 0 Å². The van der Waals surface area contributed by atoms with Gasteiger partial charge in [0.1, 0.15) is 0 Å². The Bertz CT molecular complexity index is 531. The molecule has 0 radical (unpaired) electrons. The number of benzene rings is 1. The van der Waals surface area contributed by atoms with Crippen molar-refractivity contribution in [1.29, 1.82) is 0 Å². The van der Waals surface area contributed by atoms with E-state index >= 15 is 0 Å². The lowest BCUT2D eigenvalue weighted by Gasteiger charge is -2.17. The largest absolute Gasteiger partial charge is 0.271 e. The van der Waals surface area contributed by atoms with Gasteiger partial charge in [-0.2, -0.15) is 0 Å². The summed E-state index contributed by atoms with van der Waals surface area (Å²) in [4.78, 5) is 2.68. The summed E-state index contributed by atoms with van der Waals surface area (Å²) in [7, 11) is 0. The molecule has 1 unspecified atom stereocenters. The number of hydrogen-bond acceptors (Lipinski definition) is 3. The van der Waals surface area contributed by atoms with Crippen LogP contribution in [-0.4, -0.2) is 0 Å². The van der Waals surface area contributed by atoms with Crippen LogP contribution in [0.15, 0.2) is 30.3 Å². The number of rotatable bonds is 4. The smallest absolute Gasteiger partial charge is 0.0805 e. The van der Waals surface area contributed by atoms with E-state index in [1.54, 1.807) is 0 Å². The average Bonchev–Trinajstić information content (AvgIpc) is 2.81. The van der Waals surface area contributed by atoms with Crippen LogP contribution < -0.4 is 11.3 Å². The molecule has 96 valence electrons.